The molecule has 0 saturated heterocycles. The molecule has 0 unspecified atom stereocenters. The first-order valence-electron chi connectivity index (χ1n) is 43.6. The maximum absolute atomic E-state index is 13.3. The number of unbranched alkanes of at least 4 members (excludes halogenated alkanes) is 1. The first-order valence-corrected chi connectivity index (χ1v) is 43.6. The molecule has 17 aromatic rings. The Hall–Kier alpha value is -15.7. The van der Waals surface area contributed by atoms with Gasteiger partial charge in [0, 0.05) is 184 Å². The zero-order chi connectivity index (χ0) is 92.0. The van der Waals surface area contributed by atoms with E-state index in [1.807, 2.05) is 229 Å². The molecule has 20 nitrogen and oxygen atoms in total. The highest BCUT2D eigenvalue weighted by atomic mass is 16.7. The van der Waals surface area contributed by atoms with Crippen molar-refractivity contribution < 1.29 is 57.7 Å². The Kier molecular flexibility index (Phi) is 28.4. The fourth-order valence-corrected chi connectivity index (χ4v) is 16.6. The molecule has 17 rings (SSSR count). The highest BCUT2D eigenvalue weighted by molar-refractivity contribution is 6.46. The van der Waals surface area contributed by atoms with Gasteiger partial charge in [-0.15, -0.1) is 0 Å². The van der Waals surface area contributed by atoms with Crippen LogP contribution in [0.1, 0.15) is 196 Å². The van der Waals surface area contributed by atoms with Gasteiger partial charge in [0.1, 0.15) is 11.4 Å². The lowest BCUT2D eigenvalue weighted by Crippen LogP contribution is -2.14. The molecular formula is C110H100N8O12. The van der Waals surface area contributed by atoms with Gasteiger partial charge in [0.25, 0.3) is 0 Å². The molecule has 4 heterocycles. The number of hydrogen-bond acceptors (Lipinski definition) is 16. The minimum absolute atomic E-state index is 0.00844. The van der Waals surface area contributed by atoms with Crippen LogP contribution < -0.4 is 0 Å². The largest absolute Gasteiger partial charge is 0.365 e. The summed E-state index contributed by atoms with van der Waals surface area (Å²) in [6.45, 7) is 27.0. The van der Waals surface area contributed by atoms with Crippen molar-refractivity contribution in [2.45, 2.75) is 135 Å². The van der Waals surface area contributed by atoms with E-state index in [2.05, 4.69) is 127 Å². The van der Waals surface area contributed by atoms with Gasteiger partial charge in [-0.05, 0) is 223 Å². The summed E-state index contributed by atoms with van der Waals surface area (Å²) < 4.78 is 9.02. The fraction of sp³-hybridized carbons (Fsp3) is 0.182. The number of hydrogen-bond donors (Lipinski definition) is 0. The number of aryl methyl sites for hydroxylation is 7. The summed E-state index contributed by atoms with van der Waals surface area (Å²) in [6, 6.07) is 91.3. The molecule has 0 spiro atoms. The predicted molar refractivity (Wildman–Crippen MR) is 519 cm³/mol. The van der Waals surface area contributed by atoms with Crippen LogP contribution >= 0.6 is 0 Å². The number of rotatable bonds is 24. The van der Waals surface area contributed by atoms with Crippen LogP contribution in [0.2, 0.25) is 0 Å². The third-order valence-corrected chi connectivity index (χ3v) is 23.2. The molecule has 13 aromatic carbocycles. The molecule has 0 aliphatic heterocycles. The maximum Gasteiger partial charge on any atom is 0.365 e. The number of aromatic nitrogens is 4. The minimum atomic E-state index is -0.578. The van der Waals surface area contributed by atoms with Crippen LogP contribution in [0.15, 0.2) is 306 Å². The van der Waals surface area contributed by atoms with Gasteiger partial charge in [-0.1, -0.05) is 199 Å². The quantitative estimate of drug-likeness (QED) is 0.0237. The first kappa shape index (κ1) is 90.5. The lowest BCUT2D eigenvalue weighted by Gasteiger charge is -2.08. The van der Waals surface area contributed by atoms with E-state index in [9.17, 15) is 38.4 Å². The molecule has 130 heavy (non-hydrogen) atoms. The van der Waals surface area contributed by atoms with Gasteiger partial charge in [0.05, 0.1) is 17.0 Å². The second-order valence-electron chi connectivity index (χ2n) is 31.7. The zero-order valence-electron chi connectivity index (χ0n) is 75.1. The van der Waals surface area contributed by atoms with E-state index < -0.39 is 23.9 Å². The topological polar surface area (TPSA) is 243 Å². The summed E-state index contributed by atoms with van der Waals surface area (Å²) in [4.78, 5) is 118. The van der Waals surface area contributed by atoms with Crippen LogP contribution in [-0.2, 0) is 59.9 Å². The van der Waals surface area contributed by atoms with Gasteiger partial charge in [-0.25, -0.2) is 19.2 Å². The van der Waals surface area contributed by atoms with Crippen molar-refractivity contribution in [3.8, 4) is 0 Å². The van der Waals surface area contributed by atoms with E-state index in [0.717, 1.165) is 154 Å². The molecule has 0 bridgehead atoms. The monoisotopic (exact) mass is 1720 g/mol. The average Bonchev–Trinajstić information content (AvgIpc) is 1.63. The second-order valence-corrected chi connectivity index (χ2v) is 31.7. The molecule has 20 heteroatoms. The maximum atomic E-state index is 13.3. The van der Waals surface area contributed by atoms with Crippen LogP contribution in [0.3, 0.4) is 0 Å². The van der Waals surface area contributed by atoms with Crippen molar-refractivity contribution in [3.63, 3.8) is 0 Å². The van der Waals surface area contributed by atoms with Crippen LogP contribution in [0.5, 0.6) is 0 Å². The molecule has 0 saturated carbocycles. The van der Waals surface area contributed by atoms with Crippen molar-refractivity contribution in [2.24, 2.45) is 20.6 Å². The normalized spacial score (nSPS) is 11.8. The van der Waals surface area contributed by atoms with Crippen molar-refractivity contribution in [2.75, 3.05) is 0 Å². The smallest absolute Gasteiger partial charge is 0.341 e. The Labute approximate surface area is 753 Å². The standard InChI is InChI=1S/C31H26N2O3.C28H26N2O4.C28H28N2O3.C23H20N2O2/c1-4-33-28-16-14-23(21(3)32-36-31(35)22-11-6-5-7-12-22)18-26(28)27-19-24(15-17-29(27)33)30(34)25-13-9-8-10-20(25)2;1-5-24(29-34-18(4)31)28(33)20-12-14-26-23(16-20)22-15-19(11-13-25(22)30(26)6-2)27(32)21-10-8-7-9-17(21)3;1-5-6-15-30-26-13-11-21(19(3)29-33-20(4)31)16-24(26)25-17-22(12-14-27(25)30)28(32)23-10-8-7-9-18(23)2;1-3-25-21-12-8-7-11-19(21)20-15-18(13-14-22(20)25)23(24-27-16(2)26)17-9-5-4-6-10-17/h5-19H,4H2,1-3H3;7-16H,5-6H2,1-4H3;7-14,16-17H,5-6,15H2,1-4H3;4-15H,3H2,1-2H3/b32-21+;29-24+;29-19+;24-23+. The SMILES string of the molecule is CC/C(=N\OC(C)=O)C(=O)c1ccc2c(c1)c1cc(C(=O)c3ccccc3C)ccc1n2CC.CCCCn1c2ccc(C(=O)c3ccccc3C)cc2c2cc(/C(C)=N/OC(C)=O)ccc21.CCn1c2ccc(C(=O)c3ccccc3C)cc2c2cc(/C(C)=N/OC(=O)c3ccccc3)ccc21.CCn1c2ccccc2c2cc(/C(=N/OC(C)=O)c3ccccc3)ccc21. The summed E-state index contributed by atoms with van der Waals surface area (Å²) >= 11 is 0. The van der Waals surface area contributed by atoms with Crippen LogP contribution in [0, 0.1) is 20.8 Å². The Balaban J connectivity index is 0.000000140. The van der Waals surface area contributed by atoms with Gasteiger partial charge in [0.2, 0.25) is 5.78 Å². The third kappa shape index (κ3) is 19.5. The Morgan fingerprint density at radius 2 is 0.585 bits per heavy atom. The van der Waals surface area contributed by atoms with E-state index in [4.69, 9.17) is 19.4 Å². The van der Waals surface area contributed by atoms with E-state index in [-0.39, 0.29) is 28.8 Å². The number of oxime groups is 4. The van der Waals surface area contributed by atoms with Gasteiger partial charge in [-0.2, -0.15) is 0 Å². The summed E-state index contributed by atoms with van der Waals surface area (Å²) in [5, 5.41) is 24.1. The Morgan fingerprint density at radius 3 is 0.985 bits per heavy atom. The molecule has 0 radical (unpaired) electrons. The number of fused-ring (bicyclic) bond motifs is 12. The number of carbonyl (C=O) groups is 8. The predicted octanol–water partition coefficient (Wildman–Crippen LogP) is 24.4. The molecular weight excluding hydrogens is 1630 g/mol. The molecule has 4 aromatic heterocycles. The molecule has 0 atom stereocenters. The van der Waals surface area contributed by atoms with Crippen molar-refractivity contribution in [3.05, 3.63) is 369 Å². The van der Waals surface area contributed by atoms with Crippen molar-refractivity contribution >= 4 is 157 Å². The molecule has 0 fully saturated rings. The number of benzene rings is 13. The Bertz CT molecular complexity index is 7420. The highest BCUT2D eigenvalue weighted by Gasteiger charge is 2.24. The van der Waals surface area contributed by atoms with Gasteiger partial charge >= 0.3 is 23.9 Å². The summed E-state index contributed by atoms with van der Waals surface area (Å²) in [6.07, 6.45) is 2.49. The zero-order valence-corrected chi connectivity index (χ0v) is 75.1. The first-order chi connectivity index (χ1) is 62.9. The van der Waals surface area contributed by atoms with Crippen LogP contribution in [0.25, 0.3) is 87.2 Å². The van der Waals surface area contributed by atoms with Crippen molar-refractivity contribution in [1.82, 2.24) is 18.3 Å². The average molecular weight is 1730 g/mol. The van der Waals surface area contributed by atoms with Crippen molar-refractivity contribution in [1.29, 1.82) is 0 Å². The molecule has 0 aliphatic carbocycles. The molecule has 0 amide bonds. The van der Waals surface area contributed by atoms with Crippen LogP contribution in [-0.4, -0.2) is 88.1 Å². The summed E-state index contributed by atoms with van der Waals surface area (Å²) in [5.74, 6) is -2.27. The summed E-state index contributed by atoms with van der Waals surface area (Å²) in [7, 11) is 0. The lowest BCUT2D eigenvalue weighted by atomic mass is 9.97. The van der Waals surface area contributed by atoms with Gasteiger partial charge in [-0.3, -0.25) is 19.2 Å². The molecule has 652 valence electrons. The summed E-state index contributed by atoms with van der Waals surface area (Å²) in [5.41, 5.74) is 22.0. The number of ketones is 4. The van der Waals surface area contributed by atoms with E-state index in [0.29, 0.717) is 62.5 Å². The Morgan fingerprint density at radius 1 is 0.277 bits per heavy atom. The number of para-hydroxylation sites is 1. The van der Waals surface area contributed by atoms with Gasteiger partial charge < -0.3 is 37.6 Å². The van der Waals surface area contributed by atoms with E-state index in [1.165, 1.54) is 37.2 Å². The molecule has 0 aliphatic rings. The number of nitrogens with zero attached hydrogens (tertiary/aromatic N) is 8. The number of carbonyl (C=O) groups excluding carboxylic acids is 8. The molecule has 0 N–H and O–H groups in total. The van der Waals surface area contributed by atoms with E-state index >= 15 is 0 Å². The van der Waals surface area contributed by atoms with E-state index in [1.54, 1.807) is 37.3 Å². The lowest BCUT2D eigenvalue weighted by molar-refractivity contribution is -0.141. The van der Waals surface area contributed by atoms with Gasteiger partial charge in [0.15, 0.2) is 17.3 Å². The number of Topliss-reactive ketones (excluding diaryl/α,β-unsaturated/α-hetero) is 1. The van der Waals surface area contributed by atoms with Crippen LogP contribution in [0.4, 0.5) is 0 Å². The highest BCUT2D eigenvalue weighted by Crippen LogP contribution is 2.38. The minimum Gasteiger partial charge on any atom is -0.341 e. The second kappa shape index (κ2) is 40.7. The fourth-order valence-electron chi connectivity index (χ4n) is 16.6. The third-order valence-electron chi connectivity index (χ3n) is 23.2.